The Bertz CT molecular complexity index is 434. The van der Waals surface area contributed by atoms with Crippen LogP contribution in [0.2, 0.25) is 0 Å². The molecule has 1 heterocycles. The molecule has 0 saturated heterocycles. The van der Waals surface area contributed by atoms with E-state index in [1.807, 2.05) is 31.2 Å². The summed E-state index contributed by atoms with van der Waals surface area (Å²) in [6.45, 7) is 1.87. The molecule has 0 aliphatic rings. The highest BCUT2D eigenvalue weighted by Crippen LogP contribution is 2.26. The van der Waals surface area contributed by atoms with Crippen molar-refractivity contribution in [3.63, 3.8) is 0 Å². The van der Waals surface area contributed by atoms with Gasteiger partial charge < -0.3 is 0 Å². The predicted octanol–water partition coefficient (Wildman–Crippen LogP) is 2.92. The highest BCUT2D eigenvalue weighted by atomic mass is 32.1. The first-order valence-corrected chi connectivity index (χ1v) is 4.88. The van der Waals surface area contributed by atoms with Gasteiger partial charge in [-0.05, 0) is 19.1 Å². The normalized spacial score (nSPS) is 12.6. The minimum absolute atomic E-state index is 0.0996. The van der Waals surface area contributed by atoms with E-state index >= 15 is 0 Å². The van der Waals surface area contributed by atoms with Crippen LogP contribution in [0.5, 0.6) is 0 Å². The summed E-state index contributed by atoms with van der Waals surface area (Å²) in [6, 6.07) is 10.1. The Balaban J connectivity index is 2.57. The van der Waals surface area contributed by atoms with Crippen molar-refractivity contribution in [3.8, 4) is 6.07 Å². The molecular weight excluding hydrogens is 180 g/mol. The Morgan fingerprint density at radius 2 is 2.23 bits per heavy atom. The number of rotatable bonds is 1. The van der Waals surface area contributed by atoms with E-state index < -0.39 is 0 Å². The van der Waals surface area contributed by atoms with Crippen LogP contribution in [-0.4, -0.2) is 4.98 Å². The van der Waals surface area contributed by atoms with Gasteiger partial charge in [0, 0.05) is 0 Å². The minimum Gasteiger partial charge on any atom is -0.240 e. The molecule has 1 unspecified atom stereocenters. The van der Waals surface area contributed by atoms with Gasteiger partial charge in [0.25, 0.3) is 0 Å². The Kier molecular flexibility index (Phi) is 1.99. The molecule has 1 atom stereocenters. The van der Waals surface area contributed by atoms with Crippen molar-refractivity contribution in [1.82, 2.24) is 4.98 Å². The minimum atomic E-state index is -0.0996. The van der Waals surface area contributed by atoms with E-state index in [-0.39, 0.29) is 5.92 Å². The topological polar surface area (TPSA) is 36.7 Å². The number of hydrogen-bond acceptors (Lipinski definition) is 3. The quantitative estimate of drug-likeness (QED) is 0.690. The van der Waals surface area contributed by atoms with Crippen LogP contribution >= 0.6 is 11.3 Å². The maximum Gasteiger partial charge on any atom is 0.111 e. The second-order valence-corrected chi connectivity index (χ2v) is 3.93. The summed E-state index contributed by atoms with van der Waals surface area (Å²) in [4.78, 5) is 4.38. The van der Waals surface area contributed by atoms with Gasteiger partial charge in [0.2, 0.25) is 0 Å². The molecule has 0 saturated carbocycles. The molecule has 0 N–H and O–H groups in total. The summed E-state index contributed by atoms with van der Waals surface area (Å²) in [5.74, 6) is -0.0996. The molecule has 64 valence electrons. The maximum absolute atomic E-state index is 8.73. The molecule has 1 aromatic heterocycles. The van der Waals surface area contributed by atoms with E-state index in [4.69, 9.17) is 5.26 Å². The fourth-order valence-electron chi connectivity index (χ4n) is 1.13. The second-order valence-electron chi connectivity index (χ2n) is 2.87. The molecule has 2 aromatic rings. The smallest absolute Gasteiger partial charge is 0.111 e. The highest BCUT2D eigenvalue weighted by molar-refractivity contribution is 7.18. The Hall–Kier alpha value is -1.40. The van der Waals surface area contributed by atoms with Crippen molar-refractivity contribution in [3.05, 3.63) is 29.3 Å². The van der Waals surface area contributed by atoms with E-state index in [2.05, 4.69) is 11.1 Å². The summed E-state index contributed by atoms with van der Waals surface area (Å²) in [5, 5.41) is 9.64. The van der Waals surface area contributed by atoms with E-state index in [0.29, 0.717) is 0 Å². The first-order valence-electron chi connectivity index (χ1n) is 4.06. The SMILES string of the molecule is CC(C#N)c1nc2ccccc2s1. The van der Waals surface area contributed by atoms with Gasteiger partial charge in [-0.25, -0.2) is 4.98 Å². The molecule has 3 heteroatoms. The van der Waals surface area contributed by atoms with Crippen molar-refractivity contribution >= 4 is 21.6 Å². The zero-order valence-electron chi connectivity index (χ0n) is 7.19. The first kappa shape index (κ1) is 8.21. The fourth-order valence-corrected chi connectivity index (χ4v) is 2.09. The number of aromatic nitrogens is 1. The van der Waals surface area contributed by atoms with E-state index in [1.165, 1.54) is 0 Å². The van der Waals surface area contributed by atoms with Crippen LogP contribution in [0.4, 0.5) is 0 Å². The Morgan fingerprint density at radius 3 is 2.92 bits per heavy atom. The number of thiazole rings is 1. The lowest BCUT2D eigenvalue weighted by Crippen LogP contribution is -1.85. The zero-order chi connectivity index (χ0) is 9.26. The molecular formula is C10H8N2S. The van der Waals surface area contributed by atoms with Crippen LogP contribution < -0.4 is 0 Å². The van der Waals surface area contributed by atoms with Crippen molar-refractivity contribution in [2.75, 3.05) is 0 Å². The van der Waals surface area contributed by atoms with Gasteiger partial charge in [-0.1, -0.05) is 12.1 Å². The van der Waals surface area contributed by atoms with Gasteiger partial charge in [0.05, 0.1) is 22.2 Å². The van der Waals surface area contributed by atoms with Crippen molar-refractivity contribution in [2.24, 2.45) is 0 Å². The number of nitrogens with zero attached hydrogens (tertiary/aromatic N) is 2. The molecule has 0 fully saturated rings. The number of hydrogen-bond donors (Lipinski definition) is 0. The third-order valence-electron chi connectivity index (χ3n) is 1.87. The molecule has 0 bridgehead atoms. The summed E-state index contributed by atoms with van der Waals surface area (Å²) in [6.07, 6.45) is 0. The van der Waals surface area contributed by atoms with E-state index in [0.717, 1.165) is 15.2 Å². The predicted molar refractivity (Wildman–Crippen MR) is 53.6 cm³/mol. The molecule has 0 radical (unpaired) electrons. The fraction of sp³-hybridized carbons (Fsp3) is 0.200. The second kappa shape index (κ2) is 3.15. The van der Waals surface area contributed by atoms with Crippen LogP contribution in [0, 0.1) is 11.3 Å². The van der Waals surface area contributed by atoms with Crippen molar-refractivity contribution in [1.29, 1.82) is 5.26 Å². The van der Waals surface area contributed by atoms with Gasteiger partial charge in [-0.3, -0.25) is 0 Å². The number of fused-ring (bicyclic) bond motifs is 1. The average Bonchev–Trinajstić information content (AvgIpc) is 2.59. The van der Waals surface area contributed by atoms with Crippen LogP contribution in [0.15, 0.2) is 24.3 Å². The van der Waals surface area contributed by atoms with Gasteiger partial charge in [0.15, 0.2) is 0 Å². The van der Waals surface area contributed by atoms with Crippen LogP contribution in [0.3, 0.4) is 0 Å². The summed E-state index contributed by atoms with van der Waals surface area (Å²) in [7, 11) is 0. The Morgan fingerprint density at radius 1 is 1.46 bits per heavy atom. The van der Waals surface area contributed by atoms with E-state index in [9.17, 15) is 0 Å². The van der Waals surface area contributed by atoms with Gasteiger partial charge in [-0.2, -0.15) is 5.26 Å². The first-order chi connectivity index (χ1) is 6.31. The largest absolute Gasteiger partial charge is 0.240 e. The van der Waals surface area contributed by atoms with Crippen molar-refractivity contribution < 1.29 is 0 Å². The Labute approximate surface area is 80.5 Å². The van der Waals surface area contributed by atoms with Crippen molar-refractivity contribution in [2.45, 2.75) is 12.8 Å². The lowest BCUT2D eigenvalue weighted by Gasteiger charge is -1.91. The third-order valence-corrected chi connectivity index (χ3v) is 3.09. The van der Waals surface area contributed by atoms with Crippen LogP contribution in [0.25, 0.3) is 10.2 Å². The monoisotopic (exact) mass is 188 g/mol. The zero-order valence-corrected chi connectivity index (χ0v) is 8.01. The standard InChI is InChI=1S/C10H8N2S/c1-7(6-11)10-12-8-4-2-3-5-9(8)13-10/h2-5,7H,1H3. The molecule has 13 heavy (non-hydrogen) atoms. The third kappa shape index (κ3) is 1.41. The lowest BCUT2D eigenvalue weighted by molar-refractivity contribution is 0.966. The number of para-hydroxylation sites is 1. The molecule has 2 rings (SSSR count). The maximum atomic E-state index is 8.73. The number of nitriles is 1. The average molecular weight is 188 g/mol. The lowest BCUT2D eigenvalue weighted by atomic mass is 10.2. The summed E-state index contributed by atoms with van der Waals surface area (Å²) < 4.78 is 1.15. The van der Waals surface area contributed by atoms with E-state index in [1.54, 1.807) is 11.3 Å². The molecule has 0 amide bonds. The molecule has 0 aliphatic heterocycles. The van der Waals surface area contributed by atoms with Gasteiger partial charge >= 0.3 is 0 Å². The van der Waals surface area contributed by atoms with Crippen LogP contribution in [-0.2, 0) is 0 Å². The highest BCUT2D eigenvalue weighted by Gasteiger charge is 2.09. The molecule has 0 spiro atoms. The van der Waals surface area contributed by atoms with Crippen LogP contribution in [0.1, 0.15) is 17.8 Å². The summed E-state index contributed by atoms with van der Waals surface area (Å²) in [5.41, 5.74) is 0.990. The van der Waals surface area contributed by atoms with Gasteiger partial charge in [0.1, 0.15) is 5.01 Å². The molecule has 2 nitrogen and oxygen atoms in total. The number of benzene rings is 1. The van der Waals surface area contributed by atoms with Gasteiger partial charge in [-0.15, -0.1) is 11.3 Å². The molecule has 0 aliphatic carbocycles. The molecule has 1 aromatic carbocycles. The summed E-state index contributed by atoms with van der Waals surface area (Å²) >= 11 is 1.60.